The van der Waals surface area contributed by atoms with Crippen molar-refractivity contribution in [3.63, 3.8) is 0 Å². The van der Waals surface area contributed by atoms with Crippen LogP contribution >= 0.6 is 7.82 Å². The molecule has 0 saturated heterocycles. The minimum Gasteiger partial charge on any atom is -0.822 e. The van der Waals surface area contributed by atoms with Crippen molar-refractivity contribution in [2.45, 2.75) is 310 Å². The number of aryl methyl sites for hydroxylation is 3. The lowest BCUT2D eigenvalue weighted by atomic mass is 10.0. The summed E-state index contributed by atoms with van der Waals surface area (Å²) in [6, 6.07) is 18.9. The molecule has 3 heterocycles. The molecule has 0 aliphatic heterocycles. The minimum atomic E-state index is -5.39. The number of aromatic nitrogens is 3. The van der Waals surface area contributed by atoms with Crippen molar-refractivity contribution in [3.8, 4) is 0 Å². The molecule has 410 valence electrons. The molecule has 0 fully saturated rings. The Labute approximate surface area is 440 Å². The maximum absolute atomic E-state index is 8.55. The Morgan fingerprint density at radius 3 is 0.507 bits per heavy atom. The van der Waals surface area contributed by atoms with Gasteiger partial charge in [0.25, 0.3) is 0 Å². The fraction of sp³-hybridized carbons (Fsp3) is 0.762. The molecule has 0 spiro atoms. The van der Waals surface area contributed by atoms with Gasteiger partial charge in [0.2, 0.25) is 0 Å². The predicted molar refractivity (Wildman–Crippen MR) is 298 cm³/mol. The van der Waals surface area contributed by atoms with E-state index in [4.69, 9.17) is 19.2 Å². The van der Waals surface area contributed by atoms with Crippen molar-refractivity contribution in [1.29, 1.82) is 0 Å². The number of hydrogen-bond acceptors (Lipinski definition) is 4. The van der Waals surface area contributed by atoms with E-state index < -0.39 is 7.82 Å². The van der Waals surface area contributed by atoms with Crippen molar-refractivity contribution >= 4 is 7.82 Å². The summed E-state index contributed by atoms with van der Waals surface area (Å²) >= 11 is 0. The molecule has 0 saturated carbocycles. The average molecular weight is 1010 g/mol. The standard InChI is InChI=1S/3C21H38N.H3O4P/c3*1-2-3-4-5-6-7-8-9-10-11-12-13-14-16-19-22-20-17-15-18-21-22;1-5(2,3)4/h3*15,17-18,20-21H,2-14,16,19H2,1H3;(H3,1,2,3,4)/q3*+1;/p-3. The highest BCUT2D eigenvalue weighted by Crippen LogP contribution is 2.16. The number of hydrogen-bond donors (Lipinski definition) is 0. The zero-order valence-electron chi connectivity index (χ0n) is 46.9. The maximum atomic E-state index is 8.55. The smallest absolute Gasteiger partial charge is 0.168 e. The lowest BCUT2D eigenvalue weighted by molar-refractivity contribution is -0.697. The van der Waals surface area contributed by atoms with Crippen molar-refractivity contribution in [2.24, 2.45) is 0 Å². The van der Waals surface area contributed by atoms with Crippen molar-refractivity contribution in [3.05, 3.63) is 91.8 Å². The van der Waals surface area contributed by atoms with Crippen LogP contribution in [0.15, 0.2) is 91.8 Å². The van der Waals surface area contributed by atoms with Gasteiger partial charge in [0, 0.05) is 55.7 Å². The Kier molecular flexibility index (Phi) is 54.9. The molecule has 71 heavy (non-hydrogen) atoms. The minimum absolute atomic E-state index is 1.18. The highest BCUT2D eigenvalue weighted by Gasteiger charge is 2.01. The first-order valence-electron chi connectivity index (χ1n) is 30.3. The second kappa shape index (κ2) is 56.8. The van der Waals surface area contributed by atoms with Crippen molar-refractivity contribution < 1.29 is 32.9 Å². The van der Waals surface area contributed by atoms with Crippen LogP contribution in [0.5, 0.6) is 0 Å². The third-order valence-electron chi connectivity index (χ3n) is 13.6. The lowest BCUT2D eigenvalue weighted by Crippen LogP contribution is -2.32. The molecule has 3 aromatic rings. The van der Waals surface area contributed by atoms with Crippen LogP contribution in [-0.2, 0) is 24.2 Å². The topological polar surface area (TPSA) is 97.9 Å². The van der Waals surface area contributed by atoms with E-state index in [2.05, 4.69) is 126 Å². The molecular formula is C63H114N3O4P. The molecule has 0 aliphatic rings. The van der Waals surface area contributed by atoms with Gasteiger partial charge >= 0.3 is 0 Å². The summed E-state index contributed by atoms with van der Waals surface area (Å²) < 4.78 is 15.4. The quantitative estimate of drug-likeness (QED) is 0.0320. The molecule has 3 aromatic heterocycles. The van der Waals surface area contributed by atoms with Crippen LogP contribution in [0.25, 0.3) is 0 Å². The van der Waals surface area contributed by atoms with Gasteiger partial charge in [-0.3, -0.25) is 0 Å². The van der Waals surface area contributed by atoms with Gasteiger partial charge in [-0.15, -0.1) is 0 Å². The molecule has 0 aromatic carbocycles. The van der Waals surface area contributed by atoms with Crippen LogP contribution in [-0.4, -0.2) is 0 Å². The predicted octanol–water partition coefficient (Wildman–Crippen LogP) is 16.5. The Hall–Kier alpha value is -2.44. The SMILES string of the molecule is CCCCCCCCCCCCCCCC[n+]1ccccc1.CCCCCCCCCCCCCCCC[n+]1ccccc1.CCCCCCCCCCCCCCCC[n+]1ccccc1.O=P([O-])([O-])[O-]. The van der Waals surface area contributed by atoms with Gasteiger partial charge in [0.05, 0.1) is 0 Å². The van der Waals surface area contributed by atoms with E-state index in [9.17, 15) is 0 Å². The monoisotopic (exact) mass is 1010 g/mol. The fourth-order valence-corrected chi connectivity index (χ4v) is 9.22. The summed E-state index contributed by atoms with van der Waals surface area (Å²) in [6.07, 6.45) is 73.3. The van der Waals surface area contributed by atoms with Gasteiger partial charge in [0.15, 0.2) is 37.2 Å². The zero-order chi connectivity index (χ0) is 51.7. The number of rotatable bonds is 45. The van der Waals surface area contributed by atoms with Crippen molar-refractivity contribution in [2.75, 3.05) is 0 Å². The summed E-state index contributed by atoms with van der Waals surface area (Å²) in [5.74, 6) is 0. The largest absolute Gasteiger partial charge is 0.822 e. The molecule has 0 bridgehead atoms. The fourth-order valence-electron chi connectivity index (χ4n) is 9.22. The summed E-state index contributed by atoms with van der Waals surface area (Å²) in [5, 5.41) is 0. The van der Waals surface area contributed by atoms with Crippen LogP contribution < -0.4 is 28.4 Å². The number of unbranched alkanes of at least 4 members (excludes halogenated alkanes) is 39. The Morgan fingerprint density at radius 2 is 0.366 bits per heavy atom. The number of pyridine rings is 3. The average Bonchev–Trinajstić information content (AvgIpc) is 3.37. The molecule has 0 atom stereocenters. The highest BCUT2D eigenvalue weighted by atomic mass is 31.2. The molecule has 3 rings (SSSR count). The summed E-state index contributed by atoms with van der Waals surface area (Å²) in [7, 11) is -5.39. The van der Waals surface area contributed by atoms with E-state index in [1.807, 2.05) is 0 Å². The molecule has 8 heteroatoms. The Bertz CT molecular complexity index is 1290. The summed E-state index contributed by atoms with van der Waals surface area (Å²) in [4.78, 5) is 25.6. The van der Waals surface area contributed by atoms with E-state index in [1.165, 1.54) is 289 Å². The molecular weight excluding hydrogens is 894 g/mol. The lowest BCUT2D eigenvalue weighted by Gasteiger charge is -2.36. The summed E-state index contributed by atoms with van der Waals surface area (Å²) in [5.41, 5.74) is 0. The van der Waals surface area contributed by atoms with E-state index in [0.717, 1.165) is 0 Å². The first kappa shape index (κ1) is 68.6. The molecule has 0 N–H and O–H groups in total. The molecule has 7 nitrogen and oxygen atoms in total. The molecule has 0 amide bonds. The Morgan fingerprint density at radius 1 is 0.239 bits per heavy atom. The summed E-state index contributed by atoms with van der Waals surface area (Å²) in [6.45, 7) is 10.4. The number of nitrogens with zero attached hydrogens (tertiary/aromatic N) is 3. The van der Waals surface area contributed by atoms with Crippen molar-refractivity contribution in [1.82, 2.24) is 0 Å². The van der Waals surface area contributed by atoms with E-state index in [1.54, 1.807) is 0 Å². The third kappa shape index (κ3) is 60.0. The third-order valence-corrected chi connectivity index (χ3v) is 13.6. The van der Waals surface area contributed by atoms with Crippen LogP contribution in [0.4, 0.5) is 0 Å². The van der Waals surface area contributed by atoms with Gasteiger partial charge in [-0.2, -0.15) is 7.82 Å². The van der Waals surface area contributed by atoms with Gasteiger partial charge in [0.1, 0.15) is 19.6 Å². The van der Waals surface area contributed by atoms with Crippen LogP contribution in [0.1, 0.15) is 290 Å². The number of phosphoric acid groups is 1. The van der Waals surface area contributed by atoms with Gasteiger partial charge in [-0.05, 0) is 19.3 Å². The molecule has 0 radical (unpaired) electrons. The second-order valence-corrected chi connectivity index (χ2v) is 21.5. The van der Waals surface area contributed by atoms with Gasteiger partial charge in [-0.1, -0.05) is 270 Å². The van der Waals surface area contributed by atoms with Gasteiger partial charge in [-0.25, -0.2) is 13.7 Å². The zero-order valence-corrected chi connectivity index (χ0v) is 47.8. The van der Waals surface area contributed by atoms with Crippen LogP contribution in [0.3, 0.4) is 0 Å². The van der Waals surface area contributed by atoms with E-state index in [-0.39, 0.29) is 0 Å². The molecule has 0 unspecified atom stereocenters. The first-order chi connectivity index (χ1) is 34.8. The molecule has 0 aliphatic carbocycles. The first-order valence-corrected chi connectivity index (χ1v) is 31.8. The van der Waals surface area contributed by atoms with Crippen LogP contribution in [0.2, 0.25) is 0 Å². The van der Waals surface area contributed by atoms with E-state index >= 15 is 0 Å². The Balaban J connectivity index is 0.000000985. The maximum Gasteiger partial charge on any atom is 0.168 e. The normalized spacial score (nSPS) is 11.0. The van der Waals surface area contributed by atoms with Crippen LogP contribution in [0, 0.1) is 0 Å². The highest BCUT2D eigenvalue weighted by molar-refractivity contribution is 7.40. The van der Waals surface area contributed by atoms with E-state index in [0.29, 0.717) is 0 Å². The second-order valence-electron chi connectivity index (χ2n) is 20.6. The van der Waals surface area contributed by atoms with Gasteiger partial charge < -0.3 is 19.2 Å².